The van der Waals surface area contributed by atoms with Gasteiger partial charge in [-0.25, -0.2) is 4.98 Å². The second-order valence-corrected chi connectivity index (χ2v) is 4.40. The van der Waals surface area contributed by atoms with Crippen LogP contribution in [0, 0.1) is 11.3 Å². The molecule has 1 aromatic rings. The average Bonchev–Trinajstić information content (AvgIpc) is 2.87. The third-order valence-electron chi connectivity index (χ3n) is 3.19. The number of amides is 1. The summed E-state index contributed by atoms with van der Waals surface area (Å²) in [6.45, 7) is 1.59. The molecule has 0 saturated carbocycles. The minimum absolute atomic E-state index is 0.0442. The van der Waals surface area contributed by atoms with E-state index in [2.05, 4.69) is 10.3 Å². The molecule has 18 heavy (non-hydrogen) atoms. The number of aromatic nitrogens is 1. The van der Waals surface area contributed by atoms with Gasteiger partial charge in [-0.15, -0.1) is 0 Å². The highest BCUT2D eigenvalue weighted by Crippen LogP contribution is 2.18. The first-order valence-corrected chi connectivity index (χ1v) is 6.08. The highest BCUT2D eigenvalue weighted by atomic mass is 16.2. The van der Waals surface area contributed by atoms with E-state index in [4.69, 9.17) is 5.26 Å². The molecule has 5 nitrogen and oxygen atoms in total. The van der Waals surface area contributed by atoms with Gasteiger partial charge in [0.2, 0.25) is 0 Å². The molecule has 2 rings (SSSR count). The lowest BCUT2D eigenvalue weighted by molar-refractivity contribution is 0.0731. The number of likely N-dealkylation sites (N-methyl/N-ethyl adjacent to an activating group) is 1. The lowest BCUT2D eigenvalue weighted by Crippen LogP contribution is -2.41. The van der Waals surface area contributed by atoms with Crippen LogP contribution in [0.25, 0.3) is 0 Å². The monoisotopic (exact) mass is 244 g/mol. The fraction of sp³-hybridized carbons (Fsp3) is 0.462. The van der Waals surface area contributed by atoms with Crippen LogP contribution in [0.15, 0.2) is 18.3 Å². The molecular weight excluding hydrogens is 228 g/mol. The van der Waals surface area contributed by atoms with Gasteiger partial charge in [0.25, 0.3) is 5.91 Å². The number of likely N-dealkylation sites (tertiary alicyclic amines) is 1. The molecule has 2 heterocycles. The van der Waals surface area contributed by atoms with Gasteiger partial charge in [-0.1, -0.05) is 0 Å². The van der Waals surface area contributed by atoms with Gasteiger partial charge in [-0.3, -0.25) is 4.79 Å². The number of nitrogens with one attached hydrogen (secondary N) is 1. The van der Waals surface area contributed by atoms with Gasteiger partial charge in [0.15, 0.2) is 0 Å². The molecule has 5 heteroatoms. The highest BCUT2D eigenvalue weighted by Gasteiger charge is 2.29. The van der Waals surface area contributed by atoms with Crippen molar-refractivity contribution in [1.29, 1.82) is 5.26 Å². The molecule has 0 bridgehead atoms. The van der Waals surface area contributed by atoms with E-state index in [0.717, 1.165) is 25.9 Å². The molecule has 1 unspecified atom stereocenters. The van der Waals surface area contributed by atoms with E-state index in [1.165, 1.54) is 6.20 Å². The average molecular weight is 244 g/mol. The number of rotatable bonds is 3. The second kappa shape index (κ2) is 5.61. The summed E-state index contributed by atoms with van der Waals surface area (Å²) in [6.07, 6.45) is 3.51. The van der Waals surface area contributed by atoms with Gasteiger partial charge in [0, 0.05) is 25.3 Å². The highest BCUT2D eigenvalue weighted by molar-refractivity contribution is 5.92. The van der Waals surface area contributed by atoms with Crippen LogP contribution >= 0.6 is 0 Å². The van der Waals surface area contributed by atoms with Gasteiger partial charge >= 0.3 is 0 Å². The minimum Gasteiger partial charge on any atom is -0.333 e. The molecule has 1 aliphatic heterocycles. The van der Waals surface area contributed by atoms with E-state index in [-0.39, 0.29) is 11.9 Å². The summed E-state index contributed by atoms with van der Waals surface area (Å²) in [5.74, 6) is -0.0442. The van der Waals surface area contributed by atoms with Crippen molar-refractivity contribution in [2.24, 2.45) is 0 Å². The summed E-state index contributed by atoms with van der Waals surface area (Å²) >= 11 is 0. The first kappa shape index (κ1) is 12.5. The Morgan fingerprint density at radius 2 is 2.50 bits per heavy atom. The maximum absolute atomic E-state index is 12.3. The Kier molecular flexibility index (Phi) is 3.90. The van der Waals surface area contributed by atoms with Crippen molar-refractivity contribution in [2.75, 3.05) is 20.1 Å². The predicted octanol–water partition coefficient (Wildman–Crippen LogP) is 0.777. The van der Waals surface area contributed by atoms with Crippen molar-refractivity contribution >= 4 is 5.91 Å². The predicted molar refractivity (Wildman–Crippen MR) is 66.9 cm³/mol. The topological polar surface area (TPSA) is 69.0 Å². The van der Waals surface area contributed by atoms with Crippen LogP contribution in [0.2, 0.25) is 0 Å². The summed E-state index contributed by atoms with van der Waals surface area (Å²) in [5, 5.41) is 11.8. The lowest BCUT2D eigenvalue weighted by atomic mass is 10.2. The zero-order valence-corrected chi connectivity index (χ0v) is 10.4. The summed E-state index contributed by atoms with van der Waals surface area (Å²) in [4.78, 5) is 18.2. The number of pyridine rings is 1. The molecule has 1 amide bonds. The number of nitriles is 1. The Labute approximate surface area is 106 Å². The number of hydrogen-bond acceptors (Lipinski definition) is 4. The van der Waals surface area contributed by atoms with Crippen LogP contribution in [0.5, 0.6) is 0 Å². The first-order valence-electron chi connectivity index (χ1n) is 6.08. The van der Waals surface area contributed by atoms with Crippen molar-refractivity contribution in [3.63, 3.8) is 0 Å². The maximum Gasteiger partial charge on any atom is 0.272 e. The lowest BCUT2D eigenvalue weighted by Gasteiger charge is -2.24. The quantitative estimate of drug-likeness (QED) is 0.853. The van der Waals surface area contributed by atoms with E-state index in [0.29, 0.717) is 11.3 Å². The first-order chi connectivity index (χ1) is 8.76. The second-order valence-electron chi connectivity index (χ2n) is 4.40. The van der Waals surface area contributed by atoms with Crippen molar-refractivity contribution in [2.45, 2.75) is 18.9 Å². The Balaban J connectivity index is 2.12. The van der Waals surface area contributed by atoms with Crippen LogP contribution in [0.4, 0.5) is 0 Å². The van der Waals surface area contributed by atoms with E-state index in [9.17, 15) is 4.79 Å². The molecule has 0 aliphatic carbocycles. The summed E-state index contributed by atoms with van der Waals surface area (Å²) in [5.41, 5.74) is 0.886. The van der Waals surface area contributed by atoms with Crippen molar-refractivity contribution in [1.82, 2.24) is 15.2 Å². The number of carbonyl (C=O) groups excluding carboxylic acids is 1. The van der Waals surface area contributed by atoms with Crippen LogP contribution in [-0.4, -0.2) is 42.0 Å². The third kappa shape index (κ3) is 2.49. The Hall–Kier alpha value is -1.93. The van der Waals surface area contributed by atoms with Gasteiger partial charge in [-0.05, 0) is 32.0 Å². The molecule has 0 spiro atoms. The van der Waals surface area contributed by atoms with E-state index < -0.39 is 0 Å². The SMILES string of the molecule is CNCC1CCCN1C(=O)c1ccc(C#N)cn1. The zero-order chi connectivity index (χ0) is 13.0. The summed E-state index contributed by atoms with van der Waals surface area (Å²) in [7, 11) is 1.89. The fourth-order valence-corrected chi connectivity index (χ4v) is 2.28. The number of hydrogen-bond donors (Lipinski definition) is 1. The van der Waals surface area contributed by atoms with Crippen molar-refractivity contribution < 1.29 is 4.79 Å². The smallest absolute Gasteiger partial charge is 0.272 e. The van der Waals surface area contributed by atoms with Gasteiger partial charge in [-0.2, -0.15) is 5.26 Å². The molecule has 1 aliphatic rings. The van der Waals surface area contributed by atoms with E-state index in [1.54, 1.807) is 12.1 Å². The largest absolute Gasteiger partial charge is 0.333 e. The van der Waals surface area contributed by atoms with Gasteiger partial charge < -0.3 is 10.2 Å². The standard InChI is InChI=1S/C13H16N4O/c1-15-9-11-3-2-6-17(11)13(18)12-5-4-10(7-14)8-16-12/h4-5,8,11,15H,2-3,6,9H2,1H3. The van der Waals surface area contributed by atoms with Crippen LogP contribution in [0.1, 0.15) is 28.9 Å². The molecule has 0 aromatic carbocycles. The van der Waals surface area contributed by atoms with Gasteiger partial charge in [0.1, 0.15) is 11.8 Å². The van der Waals surface area contributed by atoms with Crippen LogP contribution in [0.3, 0.4) is 0 Å². The third-order valence-corrected chi connectivity index (χ3v) is 3.19. The Bertz CT molecular complexity index is 463. The molecule has 1 fully saturated rings. The maximum atomic E-state index is 12.3. The number of nitrogens with zero attached hydrogens (tertiary/aromatic N) is 3. The normalized spacial score (nSPS) is 18.7. The molecule has 1 saturated heterocycles. The molecule has 1 N–H and O–H groups in total. The van der Waals surface area contributed by atoms with E-state index >= 15 is 0 Å². The summed E-state index contributed by atoms with van der Waals surface area (Å²) in [6, 6.07) is 5.49. The molecular formula is C13H16N4O. The van der Waals surface area contributed by atoms with Crippen LogP contribution in [-0.2, 0) is 0 Å². The zero-order valence-electron chi connectivity index (χ0n) is 10.4. The Morgan fingerprint density at radius 1 is 1.67 bits per heavy atom. The van der Waals surface area contributed by atoms with Crippen molar-refractivity contribution in [3.05, 3.63) is 29.6 Å². The minimum atomic E-state index is -0.0442. The molecule has 0 radical (unpaired) electrons. The Morgan fingerprint density at radius 3 is 3.11 bits per heavy atom. The molecule has 94 valence electrons. The fourth-order valence-electron chi connectivity index (χ4n) is 2.28. The van der Waals surface area contributed by atoms with E-state index in [1.807, 2.05) is 18.0 Å². The molecule has 1 atom stereocenters. The van der Waals surface area contributed by atoms with Gasteiger partial charge in [0.05, 0.1) is 5.56 Å². The number of carbonyl (C=O) groups is 1. The van der Waals surface area contributed by atoms with Crippen LogP contribution < -0.4 is 5.32 Å². The van der Waals surface area contributed by atoms with Crippen molar-refractivity contribution in [3.8, 4) is 6.07 Å². The summed E-state index contributed by atoms with van der Waals surface area (Å²) < 4.78 is 0. The molecule has 1 aromatic heterocycles.